The summed E-state index contributed by atoms with van der Waals surface area (Å²) in [4.78, 5) is 21.8. The Hall–Kier alpha value is -0.860. The Morgan fingerprint density at radius 2 is 2.07 bits per heavy atom. The molecule has 0 aromatic carbocycles. The molecule has 80 valence electrons. The molecule has 3 heteroatoms. The van der Waals surface area contributed by atoms with Gasteiger partial charge in [-0.25, -0.2) is 0 Å². The summed E-state index contributed by atoms with van der Waals surface area (Å²) >= 11 is 0. The highest BCUT2D eigenvalue weighted by atomic mass is 16.5. The highest BCUT2D eigenvalue weighted by molar-refractivity contribution is 5.94. The van der Waals surface area contributed by atoms with Crippen molar-refractivity contribution in [3.05, 3.63) is 0 Å². The van der Waals surface area contributed by atoms with Gasteiger partial charge in [-0.3, -0.25) is 9.59 Å². The Kier molecular flexibility index (Phi) is 4.11. The van der Waals surface area contributed by atoms with Crippen LogP contribution in [0.15, 0.2) is 0 Å². The number of ketones is 1. The Morgan fingerprint density at radius 1 is 1.36 bits per heavy atom. The molecule has 3 nitrogen and oxygen atoms in total. The molecule has 1 saturated carbocycles. The van der Waals surface area contributed by atoms with E-state index in [1.165, 1.54) is 13.3 Å². The van der Waals surface area contributed by atoms with Gasteiger partial charge >= 0.3 is 5.97 Å². The summed E-state index contributed by atoms with van der Waals surface area (Å²) in [5.41, 5.74) is 0. The zero-order valence-corrected chi connectivity index (χ0v) is 8.91. The van der Waals surface area contributed by atoms with E-state index in [2.05, 4.69) is 6.92 Å². The molecule has 0 aliphatic heterocycles. The maximum Gasteiger partial charge on any atom is 0.313 e. The van der Waals surface area contributed by atoms with Gasteiger partial charge in [0.15, 0.2) is 0 Å². The van der Waals surface area contributed by atoms with Crippen LogP contribution in [0.4, 0.5) is 0 Å². The van der Waals surface area contributed by atoms with Crippen LogP contribution in [0.25, 0.3) is 0 Å². The Labute approximate surface area is 84.8 Å². The van der Waals surface area contributed by atoms with Gasteiger partial charge in [0.1, 0.15) is 18.3 Å². The average Bonchev–Trinajstić information content (AvgIpc) is 2.01. The zero-order chi connectivity index (χ0) is 10.6. The number of hydrogen-bond donors (Lipinski definition) is 0. The van der Waals surface area contributed by atoms with Crippen molar-refractivity contribution in [2.24, 2.45) is 5.92 Å². The van der Waals surface area contributed by atoms with Crippen molar-refractivity contribution in [1.82, 2.24) is 0 Å². The van der Waals surface area contributed by atoms with Crippen LogP contribution in [-0.4, -0.2) is 17.9 Å². The van der Waals surface area contributed by atoms with Gasteiger partial charge in [0, 0.05) is 0 Å². The first kappa shape index (κ1) is 11.2. The number of Topliss-reactive ketones (excluding diaryl/α,β-unsaturated/α-hetero) is 1. The SMILES string of the molecule is CC(=O)CC(=O)O[C@@H]1CCC[C@H](C)C1. The number of esters is 1. The second-order valence-electron chi connectivity index (χ2n) is 4.26. The van der Waals surface area contributed by atoms with E-state index in [0.717, 1.165) is 19.3 Å². The smallest absolute Gasteiger partial charge is 0.313 e. The van der Waals surface area contributed by atoms with E-state index in [1.807, 2.05) is 0 Å². The van der Waals surface area contributed by atoms with Crippen molar-refractivity contribution in [3.63, 3.8) is 0 Å². The fourth-order valence-corrected chi connectivity index (χ4v) is 1.92. The first-order valence-corrected chi connectivity index (χ1v) is 5.27. The third-order valence-electron chi connectivity index (χ3n) is 2.58. The summed E-state index contributed by atoms with van der Waals surface area (Å²) in [5, 5.41) is 0. The lowest BCUT2D eigenvalue weighted by atomic mass is 9.89. The van der Waals surface area contributed by atoms with E-state index in [1.54, 1.807) is 0 Å². The lowest BCUT2D eigenvalue weighted by Gasteiger charge is -2.26. The molecule has 0 amide bonds. The van der Waals surface area contributed by atoms with Gasteiger partial charge < -0.3 is 4.74 Å². The lowest BCUT2D eigenvalue weighted by Crippen LogP contribution is -2.25. The Balaban J connectivity index is 2.28. The fourth-order valence-electron chi connectivity index (χ4n) is 1.92. The van der Waals surface area contributed by atoms with Crippen LogP contribution in [0, 0.1) is 5.92 Å². The Morgan fingerprint density at radius 3 is 2.64 bits per heavy atom. The molecule has 14 heavy (non-hydrogen) atoms. The van der Waals surface area contributed by atoms with Crippen LogP contribution in [0.5, 0.6) is 0 Å². The molecule has 1 fully saturated rings. The van der Waals surface area contributed by atoms with Crippen molar-refractivity contribution in [2.45, 2.75) is 52.1 Å². The van der Waals surface area contributed by atoms with Crippen LogP contribution >= 0.6 is 0 Å². The number of rotatable bonds is 3. The highest BCUT2D eigenvalue weighted by Crippen LogP contribution is 2.25. The van der Waals surface area contributed by atoms with E-state index >= 15 is 0 Å². The van der Waals surface area contributed by atoms with Crippen molar-refractivity contribution < 1.29 is 14.3 Å². The van der Waals surface area contributed by atoms with Crippen molar-refractivity contribution in [3.8, 4) is 0 Å². The molecular weight excluding hydrogens is 180 g/mol. The van der Waals surface area contributed by atoms with E-state index in [9.17, 15) is 9.59 Å². The van der Waals surface area contributed by atoms with Gasteiger partial charge in [-0.2, -0.15) is 0 Å². The maximum atomic E-state index is 11.2. The van der Waals surface area contributed by atoms with Crippen LogP contribution < -0.4 is 0 Å². The minimum Gasteiger partial charge on any atom is -0.462 e. The minimum absolute atomic E-state index is 0.0469. The average molecular weight is 198 g/mol. The number of ether oxygens (including phenoxy) is 1. The molecule has 0 aromatic heterocycles. The summed E-state index contributed by atoms with van der Waals surface area (Å²) < 4.78 is 5.21. The van der Waals surface area contributed by atoms with Gasteiger partial charge in [-0.1, -0.05) is 13.3 Å². The largest absolute Gasteiger partial charge is 0.462 e. The summed E-state index contributed by atoms with van der Waals surface area (Å²) in [6, 6.07) is 0. The van der Waals surface area contributed by atoms with Crippen LogP contribution in [0.1, 0.15) is 46.0 Å². The standard InChI is InChI=1S/C11H18O3/c1-8-4-3-5-10(6-8)14-11(13)7-9(2)12/h8,10H,3-7H2,1-2H3/t8-,10+/m0/s1. The predicted molar refractivity (Wildman–Crippen MR) is 52.8 cm³/mol. The topological polar surface area (TPSA) is 43.4 Å². The van der Waals surface area contributed by atoms with Crippen LogP contribution in [-0.2, 0) is 14.3 Å². The molecule has 1 rings (SSSR count). The predicted octanol–water partition coefficient (Wildman–Crippen LogP) is 2.09. The first-order chi connectivity index (χ1) is 6.58. The zero-order valence-electron chi connectivity index (χ0n) is 8.91. The fraction of sp³-hybridized carbons (Fsp3) is 0.818. The van der Waals surface area contributed by atoms with Gasteiger partial charge in [-0.05, 0) is 32.1 Å². The second kappa shape index (κ2) is 5.13. The molecule has 0 radical (unpaired) electrons. The molecular formula is C11H18O3. The lowest BCUT2D eigenvalue weighted by molar-refractivity contribution is -0.152. The molecule has 1 aliphatic rings. The van der Waals surface area contributed by atoms with Gasteiger partial charge in [0.25, 0.3) is 0 Å². The molecule has 0 heterocycles. The van der Waals surface area contributed by atoms with Crippen molar-refractivity contribution >= 4 is 11.8 Å². The molecule has 0 aromatic rings. The molecule has 1 aliphatic carbocycles. The molecule has 0 unspecified atom stereocenters. The Bertz CT molecular complexity index is 223. The molecule has 0 spiro atoms. The van der Waals surface area contributed by atoms with E-state index in [4.69, 9.17) is 4.74 Å². The number of carbonyl (C=O) groups is 2. The van der Waals surface area contributed by atoms with Gasteiger partial charge in [-0.15, -0.1) is 0 Å². The third kappa shape index (κ3) is 3.90. The van der Waals surface area contributed by atoms with Crippen molar-refractivity contribution in [1.29, 1.82) is 0 Å². The van der Waals surface area contributed by atoms with Gasteiger partial charge in [0.2, 0.25) is 0 Å². The van der Waals surface area contributed by atoms with E-state index in [0.29, 0.717) is 5.92 Å². The number of hydrogen-bond acceptors (Lipinski definition) is 3. The summed E-state index contributed by atoms with van der Waals surface area (Å²) in [7, 11) is 0. The summed E-state index contributed by atoms with van der Waals surface area (Å²) in [5.74, 6) is 0.148. The van der Waals surface area contributed by atoms with Gasteiger partial charge in [0.05, 0.1) is 0 Å². The molecule has 0 N–H and O–H groups in total. The van der Waals surface area contributed by atoms with Crippen molar-refractivity contribution in [2.75, 3.05) is 0 Å². The third-order valence-corrected chi connectivity index (χ3v) is 2.58. The van der Waals surface area contributed by atoms with E-state index in [-0.39, 0.29) is 24.3 Å². The molecule has 2 atom stereocenters. The van der Waals surface area contributed by atoms with Crippen LogP contribution in [0.3, 0.4) is 0 Å². The van der Waals surface area contributed by atoms with Crippen LogP contribution in [0.2, 0.25) is 0 Å². The number of carbonyl (C=O) groups excluding carboxylic acids is 2. The second-order valence-corrected chi connectivity index (χ2v) is 4.26. The summed E-state index contributed by atoms with van der Waals surface area (Å²) in [6.07, 6.45) is 4.22. The molecule has 0 bridgehead atoms. The molecule has 0 saturated heterocycles. The first-order valence-electron chi connectivity index (χ1n) is 5.27. The highest BCUT2D eigenvalue weighted by Gasteiger charge is 2.22. The normalized spacial score (nSPS) is 27.0. The minimum atomic E-state index is -0.364. The maximum absolute atomic E-state index is 11.2. The monoisotopic (exact) mass is 198 g/mol. The quantitative estimate of drug-likeness (QED) is 0.515. The van der Waals surface area contributed by atoms with E-state index < -0.39 is 0 Å². The summed E-state index contributed by atoms with van der Waals surface area (Å²) in [6.45, 7) is 3.58.